The van der Waals surface area contributed by atoms with E-state index in [4.69, 9.17) is 5.21 Å². The highest BCUT2D eigenvalue weighted by Gasteiger charge is 1.94. The van der Waals surface area contributed by atoms with Crippen LogP contribution < -0.4 is 0 Å². The highest BCUT2D eigenvalue weighted by atomic mass is 32.1. The van der Waals surface area contributed by atoms with Crippen molar-refractivity contribution in [1.29, 1.82) is 0 Å². The van der Waals surface area contributed by atoms with Gasteiger partial charge in [-0.3, -0.25) is 0 Å². The Morgan fingerprint density at radius 3 is 3.00 bits per heavy atom. The van der Waals surface area contributed by atoms with Gasteiger partial charge in [-0.2, -0.15) is 0 Å². The average molecular weight is 243 g/mol. The normalized spacial score (nSPS) is 11.7. The van der Waals surface area contributed by atoms with E-state index >= 15 is 0 Å². The molecule has 1 aromatic heterocycles. The summed E-state index contributed by atoms with van der Waals surface area (Å²) in [6.07, 6.45) is 8.87. The monoisotopic (exact) mass is 243 g/mol. The van der Waals surface area contributed by atoms with Gasteiger partial charge in [0.25, 0.3) is 0 Å². The Morgan fingerprint density at radius 1 is 1.53 bits per heavy atom. The van der Waals surface area contributed by atoms with E-state index in [-0.39, 0.29) is 0 Å². The fourth-order valence-electron chi connectivity index (χ4n) is 1.04. The number of oxime groups is 1. The number of hydrogen-bond acceptors (Lipinski definition) is 3. The molecule has 0 aliphatic carbocycles. The summed E-state index contributed by atoms with van der Waals surface area (Å²) in [6.45, 7) is 5.65. The van der Waals surface area contributed by atoms with Gasteiger partial charge in [-0.05, 0) is 25.1 Å². The van der Waals surface area contributed by atoms with Gasteiger partial charge >= 0.3 is 0 Å². The van der Waals surface area contributed by atoms with E-state index in [1.54, 1.807) is 6.08 Å². The number of allylic oxidation sites excluding steroid dienone is 5. The number of rotatable bonds is 3. The Kier molecular flexibility index (Phi) is 5.56. The Balaban J connectivity index is 2.85. The molecule has 0 fully saturated rings. The van der Waals surface area contributed by atoms with Crippen LogP contribution in [0.4, 0.5) is 0 Å². The smallest absolute Gasteiger partial charge is 0.0834 e. The van der Waals surface area contributed by atoms with Crippen molar-refractivity contribution in [1.82, 2.24) is 0 Å². The summed E-state index contributed by atoms with van der Waals surface area (Å²) in [5.74, 6) is 6.06. The molecule has 1 heterocycles. The van der Waals surface area contributed by atoms with Crippen LogP contribution in [0.5, 0.6) is 0 Å². The molecular formula is C14H13NOS. The molecule has 0 aromatic carbocycles. The zero-order valence-electron chi connectivity index (χ0n) is 9.55. The van der Waals surface area contributed by atoms with Crippen molar-refractivity contribution in [3.63, 3.8) is 0 Å². The third kappa shape index (κ3) is 4.54. The predicted molar refractivity (Wildman–Crippen MR) is 73.7 cm³/mol. The van der Waals surface area contributed by atoms with Crippen LogP contribution in [0.15, 0.2) is 53.7 Å². The van der Waals surface area contributed by atoms with Gasteiger partial charge in [0, 0.05) is 10.5 Å². The molecule has 0 spiro atoms. The molecule has 0 saturated carbocycles. The van der Waals surface area contributed by atoms with Crippen LogP contribution in [0, 0.1) is 11.8 Å². The lowest BCUT2D eigenvalue weighted by Crippen LogP contribution is -1.70. The Bertz CT molecular complexity index is 524. The van der Waals surface area contributed by atoms with Crippen molar-refractivity contribution in [2.75, 3.05) is 0 Å². The van der Waals surface area contributed by atoms with Gasteiger partial charge in [-0.1, -0.05) is 41.8 Å². The molecule has 3 heteroatoms. The van der Waals surface area contributed by atoms with Crippen molar-refractivity contribution >= 4 is 17.6 Å². The second-order valence-electron chi connectivity index (χ2n) is 3.05. The summed E-state index contributed by atoms with van der Waals surface area (Å²) in [5.41, 5.74) is 0.869. The van der Waals surface area contributed by atoms with E-state index in [0.717, 1.165) is 15.3 Å². The molecule has 2 nitrogen and oxygen atoms in total. The van der Waals surface area contributed by atoms with Crippen LogP contribution in [0.25, 0.3) is 0 Å². The first-order chi connectivity index (χ1) is 8.30. The van der Waals surface area contributed by atoms with E-state index in [2.05, 4.69) is 23.6 Å². The van der Waals surface area contributed by atoms with Crippen molar-refractivity contribution in [3.8, 4) is 11.8 Å². The van der Waals surface area contributed by atoms with Gasteiger partial charge < -0.3 is 5.21 Å². The van der Waals surface area contributed by atoms with Gasteiger partial charge in [0.2, 0.25) is 0 Å². The molecule has 0 unspecified atom stereocenters. The lowest BCUT2D eigenvalue weighted by atomic mass is 10.2. The molecule has 0 bridgehead atoms. The number of nitrogens with zero attached hydrogens (tertiary/aromatic N) is 1. The van der Waals surface area contributed by atoms with Gasteiger partial charge in [-0.15, -0.1) is 11.3 Å². The second kappa shape index (κ2) is 7.26. The van der Waals surface area contributed by atoms with Crippen LogP contribution >= 0.6 is 11.3 Å². The maximum Gasteiger partial charge on any atom is 0.0834 e. The zero-order valence-corrected chi connectivity index (χ0v) is 10.4. The van der Waals surface area contributed by atoms with Gasteiger partial charge in [0.15, 0.2) is 0 Å². The first-order valence-corrected chi connectivity index (χ1v) is 5.86. The average Bonchev–Trinajstić information content (AvgIpc) is 2.78. The molecule has 0 amide bonds. The molecule has 17 heavy (non-hydrogen) atoms. The summed E-state index contributed by atoms with van der Waals surface area (Å²) in [4.78, 5) is 1.79. The maximum absolute atomic E-state index is 8.39. The second-order valence-corrected chi connectivity index (χ2v) is 4.16. The van der Waals surface area contributed by atoms with Crippen LogP contribution in [0.3, 0.4) is 0 Å². The Labute approximate surface area is 105 Å². The lowest BCUT2D eigenvalue weighted by Gasteiger charge is -1.84. The molecule has 0 saturated heterocycles. The lowest BCUT2D eigenvalue weighted by molar-refractivity contribution is 0.322. The Hall–Kier alpha value is -2.05. The molecule has 1 aromatic rings. The third-order valence-corrected chi connectivity index (χ3v) is 2.77. The van der Waals surface area contributed by atoms with Crippen molar-refractivity contribution in [2.24, 2.45) is 5.16 Å². The molecule has 0 radical (unpaired) electrons. The molecule has 0 aliphatic heterocycles. The van der Waals surface area contributed by atoms with Crippen LogP contribution in [-0.2, 0) is 0 Å². The largest absolute Gasteiger partial charge is 0.411 e. The van der Waals surface area contributed by atoms with Crippen molar-refractivity contribution in [3.05, 3.63) is 58.3 Å². The molecule has 0 aliphatic rings. The number of thiophene rings is 1. The van der Waals surface area contributed by atoms with Gasteiger partial charge in [-0.25, -0.2) is 0 Å². The molecule has 1 rings (SSSR count). The fourth-order valence-corrected chi connectivity index (χ4v) is 1.77. The van der Waals surface area contributed by atoms with E-state index in [1.807, 2.05) is 37.3 Å². The first kappa shape index (κ1) is 13.0. The summed E-state index contributed by atoms with van der Waals surface area (Å²) in [6, 6.07) is 3.75. The van der Waals surface area contributed by atoms with Crippen molar-refractivity contribution in [2.45, 2.75) is 6.92 Å². The SMILES string of the molecule is C=C/C(C#Cc1ccc(/C=N/O)s1)=C\C=C/C. The zero-order chi connectivity index (χ0) is 12.5. The Morgan fingerprint density at radius 2 is 2.35 bits per heavy atom. The quantitative estimate of drug-likeness (QED) is 0.284. The molecule has 1 N–H and O–H groups in total. The first-order valence-electron chi connectivity index (χ1n) is 5.05. The summed E-state index contributed by atoms with van der Waals surface area (Å²) in [7, 11) is 0. The maximum atomic E-state index is 8.39. The summed E-state index contributed by atoms with van der Waals surface area (Å²) < 4.78 is 0. The van der Waals surface area contributed by atoms with Gasteiger partial charge in [0.05, 0.1) is 11.1 Å². The minimum Gasteiger partial charge on any atom is -0.411 e. The minimum atomic E-state index is 0.869. The van der Waals surface area contributed by atoms with E-state index < -0.39 is 0 Å². The predicted octanol–water partition coefficient (Wildman–Crippen LogP) is 3.60. The van der Waals surface area contributed by atoms with Crippen LogP contribution in [-0.4, -0.2) is 11.4 Å². The highest BCUT2D eigenvalue weighted by molar-refractivity contribution is 7.14. The topological polar surface area (TPSA) is 32.6 Å². The van der Waals surface area contributed by atoms with E-state index in [0.29, 0.717) is 0 Å². The number of hydrogen-bond donors (Lipinski definition) is 1. The van der Waals surface area contributed by atoms with Gasteiger partial charge in [0.1, 0.15) is 0 Å². The summed E-state index contributed by atoms with van der Waals surface area (Å²) in [5, 5.41) is 11.4. The third-order valence-electron chi connectivity index (χ3n) is 1.83. The standard InChI is InChI=1S/C14H13NOS/c1-3-5-6-12(4-2)7-8-13-9-10-14(17-13)11-15-16/h3-6,9-11,16H,2H2,1H3/b5-3-,12-6+,15-11+. The van der Waals surface area contributed by atoms with Crippen LogP contribution in [0.1, 0.15) is 16.7 Å². The van der Waals surface area contributed by atoms with Crippen molar-refractivity contribution < 1.29 is 5.21 Å². The molecule has 86 valence electrons. The molecular weight excluding hydrogens is 230 g/mol. The van der Waals surface area contributed by atoms with Crippen LogP contribution in [0.2, 0.25) is 0 Å². The fraction of sp³-hybridized carbons (Fsp3) is 0.0714. The summed E-state index contributed by atoms with van der Waals surface area (Å²) >= 11 is 1.47. The van der Waals surface area contributed by atoms with E-state index in [1.165, 1.54) is 17.6 Å². The van der Waals surface area contributed by atoms with E-state index in [9.17, 15) is 0 Å². The minimum absolute atomic E-state index is 0.869. The highest BCUT2D eigenvalue weighted by Crippen LogP contribution is 2.13. The molecule has 0 atom stereocenters.